The molecule has 1 aliphatic heterocycles. The summed E-state index contributed by atoms with van der Waals surface area (Å²) in [7, 11) is 0. The van der Waals surface area contributed by atoms with Gasteiger partial charge >= 0.3 is 0 Å². The number of carbonyl (C=O) groups excluding carboxylic acids is 2. The Hall–Kier alpha value is -2.82. The van der Waals surface area contributed by atoms with Gasteiger partial charge in [-0.25, -0.2) is 0 Å². The van der Waals surface area contributed by atoms with Crippen molar-refractivity contribution < 1.29 is 9.59 Å². The molecule has 2 aromatic rings. The van der Waals surface area contributed by atoms with E-state index in [1.165, 1.54) is 32.6 Å². The molecule has 0 atom stereocenters. The quantitative estimate of drug-likeness (QED) is 0.834. The largest absolute Gasteiger partial charge is 0.370 e. The summed E-state index contributed by atoms with van der Waals surface area (Å²) < 4.78 is 0. The molecule has 2 aromatic carbocycles. The molecule has 0 radical (unpaired) electrons. The van der Waals surface area contributed by atoms with Crippen LogP contribution in [0.1, 0.15) is 38.2 Å². The Balaban J connectivity index is 1.64. The van der Waals surface area contributed by atoms with Gasteiger partial charge in [0.2, 0.25) is 11.8 Å². The van der Waals surface area contributed by atoms with E-state index in [4.69, 9.17) is 0 Å². The third-order valence-corrected chi connectivity index (χ3v) is 4.76. The van der Waals surface area contributed by atoms with Crippen LogP contribution in [0.25, 0.3) is 0 Å². The molecule has 0 aliphatic carbocycles. The summed E-state index contributed by atoms with van der Waals surface area (Å²) in [6, 6.07) is 15.4. The van der Waals surface area contributed by atoms with Gasteiger partial charge in [0.15, 0.2) is 0 Å². The second-order valence-corrected chi connectivity index (χ2v) is 7.02. The number of nitrogens with one attached hydrogen (secondary N) is 2. The van der Waals surface area contributed by atoms with Crippen LogP contribution >= 0.6 is 0 Å². The maximum absolute atomic E-state index is 12.5. The molecule has 0 aromatic heterocycles. The van der Waals surface area contributed by atoms with Crippen LogP contribution in [-0.2, 0) is 16.0 Å². The molecule has 27 heavy (non-hydrogen) atoms. The molecule has 5 nitrogen and oxygen atoms in total. The Labute approximate surface area is 160 Å². The van der Waals surface area contributed by atoms with Crippen molar-refractivity contribution in [1.29, 1.82) is 0 Å². The fraction of sp³-hybridized carbons (Fsp3) is 0.364. The summed E-state index contributed by atoms with van der Waals surface area (Å²) in [4.78, 5) is 26.0. The molecule has 2 amide bonds. The van der Waals surface area contributed by atoms with Crippen LogP contribution in [0.2, 0.25) is 0 Å². The molecular weight excluding hydrogens is 338 g/mol. The van der Waals surface area contributed by atoms with Gasteiger partial charge in [0.25, 0.3) is 0 Å². The molecule has 0 spiro atoms. The van der Waals surface area contributed by atoms with Crippen LogP contribution in [0.5, 0.6) is 0 Å². The average molecular weight is 365 g/mol. The lowest BCUT2D eigenvalue weighted by Gasteiger charge is -2.25. The van der Waals surface area contributed by atoms with E-state index in [9.17, 15) is 9.59 Å². The average Bonchev–Trinajstić information content (AvgIpc) is 2.93. The van der Waals surface area contributed by atoms with Gasteiger partial charge in [-0.15, -0.1) is 0 Å². The van der Waals surface area contributed by atoms with Crippen molar-refractivity contribution in [2.45, 2.75) is 39.0 Å². The Bertz CT molecular complexity index is 778. The monoisotopic (exact) mass is 365 g/mol. The van der Waals surface area contributed by atoms with Crippen LogP contribution < -0.4 is 15.5 Å². The van der Waals surface area contributed by atoms with E-state index in [1.54, 1.807) is 0 Å². The standard InChI is InChI=1S/C22H27N3O2/c1-17(26)23-19-12-10-18(11-13-19)16-22(27)24-20-8-4-5-9-21(20)25-14-6-2-3-7-15-25/h4-5,8-13H,2-3,6-7,14-16H2,1H3,(H,23,26)(H,24,27). The molecule has 5 heteroatoms. The zero-order chi connectivity index (χ0) is 19.1. The van der Waals surface area contributed by atoms with Crippen LogP contribution in [0.3, 0.4) is 0 Å². The van der Waals surface area contributed by atoms with Crippen molar-refractivity contribution in [3.05, 3.63) is 54.1 Å². The van der Waals surface area contributed by atoms with Crippen molar-refractivity contribution in [3.63, 3.8) is 0 Å². The summed E-state index contributed by atoms with van der Waals surface area (Å²) >= 11 is 0. The highest BCUT2D eigenvalue weighted by Crippen LogP contribution is 2.28. The van der Waals surface area contributed by atoms with Gasteiger partial charge in [0.05, 0.1) is 17.8 Å². The number of hydrogen-bond acceptors (Lipinski definition) is 3. The first-order valence-corrected chi connectivity index (χ1v) is 9.62. The van der Waals surface area contributed by atoms with E-state index in [0.29, 0.717) is 6.42 Å². The summed E-state index contributed by atoms with van der Waals surface area (Å²) in [6.07, 6.45) is 5.25. The van der Waals surface area contributed by atoms with E-state index >= 15 is 0 Å². The second kappa shape index (κ2) is 9.21. The molecule has 1 saturated heterocycles. The molecule has 142 valence electrons. The first-order chi connectivity index (χ1) is 13.1. The number of para-hydroxylation sites is 2. The molecule has 0 saturated carbocycles. The maximum Gasteiger partial charge on any atom is 0.228 e. The first-order valence-electron chi connectivity index (χ1n) is 9.62. The number of hydrogen-bond donors (Lipinski definition) is 2. The predicted octanol–water partition coefficient (Wildman–Crippen LogP) is 4.21. The summed E-state index contributed by atoms with van der Waals surface area (Å²) in [5, 5.41) is 5.80. The van der Waals surface area contributed by atoms with E-state index in [-0.39, 0.29) is 11.8 Å². The number of nitrogens with zero attached hydrogens (tertiary/aromatic N) is 1. The SMILES string of the molecule is CC(=O)Nc1ccc(CC(=O)Nc2ccccc2N2CCCCCC2)cc1. The molecule has 1 fully saturated rings. The van der Waals surface area contributed by atoms with Crippen LogP contribution in [0.4, 0.5) is 17.1 Å². The topological polar surface area (TPSA) is 61.4 Å². The molecule has 0 bridgehead atoms. The number of carbonyl (C=O) groups is 2. The highest BCUT2D eigenvalue weighted by molar-refractivity contribution is 5.95. The lowest BCUT2D eigenvalue weighted by molar-refractivity contribution is -0.116. The third kappa shape index (κ3) is 5.58. The van der Waals surface area contributed by atoms with Crippen LogP contribution in [-0.4, -0.2) is 24.9 Å². The molecule has 3 rings (SSSR count). The smallest absolute Gasteiger partial charge is 0.228 e. The maximum atomic E-state index is 12.5. The van der Waals surface area contributed by atoms with Gasteiger partial charge in [-0.3, -0.25) is 9.59 Å². The van der Waals surface area contributed by atoms with Gasteiger partial charge in [-0.1, -0.05) is 37.1 Å². The summed E-state index contributed by atoms with van der Waals surface area (Å²) in [6.45, 7) is 3.55. The van der Waals surface area contributed by atoms with E-state index in [2.05, 4.69) is 21.6 Å². The van der Waals surface area contributed by atoms with E-state index in [0.717, 1.165) is 35.7 Å². The lowest BCUT2D eigenvalue weighted by Crippen LogP contribution is -2.26. The lowest BCUT2D eigenvalue weighted by atomic mass is 10.1. The Kier molecular flexibility index (Phi) is 6.47. The van der Waals surface area contributed by atoms with Crippen LogP contribution in [0.15, 0.2) is 48.5 Å². The minimum absolute atomic E-state index is 0.0375. The molecule has 2 N–H and O–H groups in total. The zero-order valence-corrected chi connectivity index (χ0v) is 15.8. The number of amides is 2. The Morgan fingerprint density at radius 2 is 1.56 bits per heavy atom. The minimum atomic E-state index is -0.106. The highest BCUT2D eigenvalue weighted by atomic mass is 16.2. The second-order valence-electron chi connectivity index (χ2n) is 7.02. The molecule has 1 aliphatic rings. The fourth-order valence-corrected chi connectivity index (χ4v) is 3.46. The summed E-state index contributed by atoms with van der Waals surface area (Å²) in [5.74, 6) is -0.143. The summed E-state index contributed by atoms with van der Waals surface area (Å²) in [5.41, 5.74) is 3.63. The normalized spacial score (nSPS) is 14.3. The number of benzene rings is 2. The van der Waals surface area contributed by atoms with Crippen molar-refractivity contribution in [3.8, 4) is 0 Å². The minimum Gasteiger partial charge on any atom is -0.370 e. The van der Waals surface area contributed by atoms with Crippen LogP contribution in [0, 0.1) is 0 Å². The van der Waals surface area contributed by atoms with Crippen molar-refractivity contribution in [2.75, 3.05) is 28.6 Å². The van der Waals surface area contributed by atoms with Gasteiger partial charge < -0.3 is 15.5 Å². The molecule has 0 unspecified atom stereocenters. The molecular formula is C22H27N3O2. The number of anilines is 3. The molecule has 1 heterocycles. The van der Waals surface area contributed by atoms with Gasteiger partial charge in [-0.05, 0) is 42.7 Å². The van der Waals surface area contributed by atoms with Gasteiger partial charge in [0, 0.05) is 25.7 Å². The predicted molar refractivity (Wildman–Crippen MR) is 110 cm³/mol. The Morgan fingerprint density at radius 1 is 0.889 bits per heavy atom. The van der Waals surface area contributed by atoms with E-state index in [1.807, 2.05) is 42.5 Å². The van der Waals surface area contributed by atoms with Crippen molar-refractivity contribution in [2.24, 2.45) is 0 Å². The Morgan fingerprint density at radius 3 is 2.22 bits per heavy atom. The fourth-order valence-electron chi connectivity index (χ4n) is 3.46. The van der Waals surface area contributed by atoms with E-state index < -0.39 is 0 Å². The first kappa shape index (κ1) is 19.0. The van der Waals surface area contributed by atoms with Gasteiger partial charge in [-0.2, -0.15) is 0 Å². The van der Waals surface area contributed by atoms with Crippen molar-refractivity contribution >= 4 is 28.9 Å². The number of rotatable bonds is 5. The highest BCUT2D eigenvalue weighted by Gasteiger charge is 2.15. The van der Waals surface area contributed by atoms with Crippen molar-refractivity contribution in [1.82, 2.24) is 0 Å². The van der Waals surface area contributed by atoms with Gasteiger partial charge in [0.1, 0.15) is 0 Å². The zero-order valence-electron chi connectivity index (χ0n) is 15.8. The third-order valence-electron chi connectivity index (χ3n) is 4.76.